The molecule has 0 N–H and O–H groups in total. The largest absolute Gasteiger partial charge is 0.496 e. The summed E-state index contributed by atoms with van der Waals surface area (Å²) in [4.78, 5) is 13.2. The Morgan fingerprint density at radius 1 is 0.420 bits per heavy atom. The molecule has 0 saturated heterocycles. The van der Waals surface area contributed by atoms with Gasteiger partial charge in [0.25, 0.3) is 0 Å². The quantitative estimate of drug-likeness (QED) is 0.179. The van der Waals surface area contributed by atoms with E-state index in [9.17, 15) is 4.79 Å². The summed E-state index contributed by atoms with van der Waals surface area (Å²) in [5, 5.41) is 0. The molecule has 0 aliphatic heterocycles. The highest BCUT2D eigenvalue weighted by Crippen LogP contribution is 2.40. The van der Waals surface area contributed by atoms with E-state index in [0.29, 0.717) is 12.8 Å². The van der Waals surface area contributed by atoms with E-state index in [1.54, 1.807) is 14.2 Å². The minimum atomic E-state index is -0.107. The Balaban J connectivity index is 1.92. The number of hydrogen-bond acceptors (Lipinski definition) is 3. The highest BCUT2D eigenvalue weighted by molar-refractivity contribution is 5.81. The Morgan fingerprint density at radius 2 is 0.700 bits per heavy atom. The first-order valence-corrected chi connectivity index (χ1v) is 18.3. The van der Waals surface area contributed by atoms with Crippen molar-refractivity contribution in [3.8, 4) is 11.5 Å². The molecular formula is C47H60O3. The summed E-state index contributed by atoms with van der Waals surface area (Å²) < 4.78 is 12.6. The van der Waals surface area contributed by atoms with Crippen LogP contribution >= 0.6 is 0 Å². The molecule has 3 nitrogen and oxygen atoms in total. The fourth-order valence-corrected chi connectivity index (χ4v) is 7.33. The van der Waals surface area contributed by atoms with Gasteiger partial charge in [0.15, 0.2) is 6.29 Å². The maximum absolute atomic E-state index is 13.2. The predicted octanol–water partition coefficient (Wildman–Crippen LogP) is 11.4. The van der Waals surface area contributed by atoms with Gasteiger partial charge in [-0.25, -0.2) is 0 Å². The molecule has 8 bridgehead atoms. The minimum absolute atomic E-state index is 0.0185. The van der Waals surface area contributed by atoms with Crippen LogP contribution in [0.1, 0.15) is 160 Å². The van der Waals surface area contributed by atoms with Crippen molar-refractivity contribution in [3.05, 3.63) is 127 Å². The van der Waals surface area contributed by atoms with Crippen molar-refractivity contribution in [3.63, 3.8) is 0 Å². The molecule has 4 aromatic carbocycles. The Morgan fingerprint density at radius 3 is 0.980 bits per heavy atom. The van der Waals surface area contributed by atoms with Gasteiger partial charge in [0.2, 0.25) is 0 Å². The predicted molar refractivity (Wildman–Crippen MR) is 210 cm³/mol. The third-order valence-electron chi connectivity index (χ3n) is 10.4. The molecule has 50 heavy (non-hydrogen) atoms. The van der Waals surface area contributed by atoms with Crippen LogP contribution in [0.15, 0.2) is 54.6 Å². The van der Waals surface area contributed by atoms with Gasteiger partial charge >= 0.3 is 0 Å². The number of aldehydes is 1. The van der Waals surface area contributed by atoms with Crippen LogP contribution in [0.25, 0.3) is 0 Å². The number of carbonyl (C=O) groups excluding carboxylic acids is 1. The van der Waals surface area contributed by atoms with Gasteiger partial charge in [-0.2, -0.15) is 0 Å². The van der Waals surface area contributed by atoms with Gasteiger partial charge < -0.3 is 9.47 Å². The van der Waals surface area contributed by atoms with Crippen molar-refractivity contribution >= 4 is 6.29 Å². The van der Waals surface area contributed by atoms with Gasteiger partial charge in [-0.05, 0) is 88.4 Å². The van der Waals surface area contributed by atoms with Gasteiger partial charge in [-0.3, -0.25) is 4.79 Å². The van der Waals surface area contributed by atoms with Gasteiger partial charge in [-0.1, -0.05) is 138 Å². The summed E-state index contributed by atoms with van der Waals surface area (Å²) in [5.41, 5.74) is 14.8. The fourth-order valence-electron chi connectivity index (χ4n) is 7.33. The summed E-state index contributed by atoms with van der Waals surface area (Å²) >= 11 is 0. The van der Waals surface area contributed by atoms with Crippen LogP contribution in [0.2, 0.25) is 0 Å². The first-order chi connectivity index (χ1) is 23.1. The zero-order valence-corrected chi connectivity index (χ0v) is 33.3. The molecule has 3 heteroatoms. The molecule has 0 fully saturated rings. The lowest BCUT2D eigenvalue weighted by Crippen LogP contribution is -2.17. The molecule has 1 aliphatic carbocycles. The first-order valence-electron chi connectivity index (χ1n) is 18.3. The second kappa shape index (κ2) is 13.4. The highest BCUT2D eigenvalue weighted by Gasteiger charge is 2.27. The summed E-state index contributed by atoms with van der Waals surface area (Å²) in [6.07, 6.45) is 3.76. The smallest absolute Gasteiger partial charge is 0.150 e. The van der Waals surface area contributed by atoms with Gasteiger partial charge in [0.1, 0.15) is 11.5 Å². The normalized spacial score (nSPS) is 14.0. The molecule has 0 heterocycles. The fraction of sp³-hybridized carbons (Fsp3) is 0.468. The number of methoxy groups -OCH3 is 2. The standard InChI is InChI=1S/C47H60O3/c1-44(2,3)37-18-29-15-30(19-37)17-34-25-40(47(10,11)12)27-36(43(34)50-14)21-32-23-38(45(4,5)6)22-31(41(32)28-48)20-35-26-39(46(7,8)9)24-33(16-29)42(35)49-13/h15,18-19,22-28H,16-17,20-21H2,1-14H3. The molecule has 0 unspecified atom stereocenters. The molecule has 0 aromatic heterocycles. The molecule has 4 aromatic rings. The van der Waals surface area contributed by atoms with Crippen LogP contribution in [0.3, 0.4) is 0 Å². The number of carbonyl (C=O) groups is 1. The second-order valence-electron chi connectivity index (χ2n) is 18.7. The molecule has 0 saturated carbocycles. The third kappa shape index (κ3) is 7.88. The average Bonchev–Trinajstić information content (AvgIpc) is 2.98. The van der Waals surface area contributed by atoms with E-state index in [0.717, 1.165) is 58.4 Å². The number of benzene rings is 4. The molecule has 0 radical (unpaired) electrons. The van der Waals surface area contributed by atoms with Crippen molar-refractivity contribution in [2.24, 2.45) is 0 Å². The van der Waals surface area contributed by atoms with Crippen molar-refractivity contribution in [1.29, 1.82) is 0 Å². The average molecular weight is 673 g/mol. The van der Waals surface area contributed by atoms with Crippen LogP contribution in [-0.2, 0) is 47.3 Å². The second-order valence-corrected chi connectivity index (χ2v) is 18.7. The number of fused-ring (bicyclic) bond motifs is 8. The number of rotatable bonds is 3. The van der Waals surface area contributed by atoms with E-state index in [2.05, 4.69) is 138 Å². The Bertz CT molecular complexity index is 1800. The maximum Gasteiger partial charge on any atom is 0.150 e. The number of hydrogen-bond donors (Lipinski definition) is 0. The highest BCUT2D eigenvalue weighted by atomic mass is 16.5. The van der Waals surface area contributed by atoms with Crippen molar-refractivity contribution < 1.29 is 14.3 Å². The monoisotopic (exact) mass is 672 g/mol. The topological polar surface area (TPSA) is 35.5 Å². The molecule has 0 atom stereocenters. The van der Waals surface area contributed by atoms with Gasteiger partial charge in [0, 0.05) is 31.2 Å². The lowest BCUT2D eigenvalue weighted by Gasteiger charge is -2.27. The molecule has 0 amide bonds. The maximum atomic E-state index is 13.2. The van der Waals surface area contributed by atoms with Crippen LogP contribution < -0.4 is 9.47 Å². The molecule has 5 rings (SSSR count). The van der Waals surface area contributed by atoms with Crippen LogP contribution in [0, 0.1) is 0 Å². The van der Waals surface area contributed by atoms with E-state index >= 15 is 0 Å². The SMILES string of the molecule is COc1c2cc(C(C)(C)C)cc1Cc1cc(C(C)(C)C)cc(c1C=O)Cc1cc(C(C)(C)C)cc(c1OC)Cc1cc(cc(C(C)(C)C)c1)C2. The summed E-state index contributed by atoms with van der Waals surface area (Å²) in [7, 11) is 3.58. The lowest BCUT2D eigenvalue weighted by molar-refractivity contribution is 0.112. The summed E-state index contributed by atoms with van der Waals surface area (Å²) in [6, 6.07) is 21.0. The zero-order valence-electron chi connectivity index (χ0n) is 33.3. The van der Waals surface area contributed by atoms with Crippen molar-refractivity contribution in [1.82, 2.24) is 0 Å². The molecule has 0 spiro atoms. The van der Waals surface area contributed by atoms with Crippen LogP contribution in [0.4, 0.5) is 0 Å². The Labute approximate surface area is 302 Å². The first kappa shape index (κ1) is 37.4. The van der Waals surface area contributed by atoms with E-state index in [1.807, 2.05) is 0 Å². The molecular weight excluding hydrogens is 613 g/mol. The van der Waals surface area contributed by atoms with Gasteiger partial charge in [0.05, 0.1) is 14.2 Å². The third-order valence-corrected chi connectivity index (χ3v) is 10.4. The number of ether oxygens (including phenoxy) is 2. The summed E-state index contributed by atoms with van der Waals surface area (Å²) in [5.74, 6) is 1.82. The van der Waals surface area contributed by atoms with Crippen LogP contribution in [0.5, 0.6) is 11.5 Å². The summed E-state index contributed by atoms with van der Waals surface area (Å²) in [6.45, 7) is 27.3. The van der Waals surface area contributed by atoms with E-state index in [1.165, 1.54) is 44.5 Å². The van der Waals surface area contributed by atoms with Crippen molar-refractivity contribution in [2.75, 3.05) is 14.2 Å². The lowest BCUT2D eigenvalue weighted by atomic mass is 9.78. The molecule has 1 aliphatic rings. The van der Waals surface area contributed by atoms with Gasteiger partial charge in [-0.15, -0.1) is 0 Å². The van der Waals surface area contributed by atoms with Crippen LogP contribution in [-0.4, -0.2) is 20.5 Å². The molecule has 266 valence electrons. The van der Waals surface area contributed by atoms with E-state index in [4.69, 9.17) is 9.47 Å². The Kier molecular flexibility index (Phi) is 10.00. The van der Waals surface area contributed by atoms with Crippen molar-refractivity contribution in [2.45, 2.75) is 130 Å². The zero-order chi connectivity index (χ0) is 37.0. The van der Waals surface area contributed by atoms with E-state index < -0.39 is 0 Å². The Hall–Kier alpha value is -3.85. The van der Waals surface area contributed by atoms with E-state index in [-0.39, 0.29) is 21.7 Å². The minimum Gasteiger partial charge on any atom is -0.496 e.